The van der Waals surface area contributed by atoms with Gasteiger partial charge in [-0.2, -0.15) is 0 Å². The number of hydrogen-bond acceptors (Lipinski definition) is 2. The molecule has 0 radical (unpaired) electrons. The fourth-order valence-corrected chi connectivity index (χ4v) is 1.63. The Bertz CT molecular complexity index is 282. The van der Waals surface area contributed by atoms with E-state index in [4.69, 9.17) is 0 Å². The fourth-order valence-electron chi connectivity index (χ4n) is 1.63. The summed E-state index contributed by atoms with van der Waals surface area (Å²) in [6, 6.07) is 2.24. The van der Waals surface area contributed by atoms with Gasteiger partial charge in [0.25, 0.3) is 0 Å². The molecular weight excluding hydrogens is 172 g/mol. The first-order valence-corrected chi connectivity index (χ1v) is 5.55. The molecule has 0 aliphatic carbocycles. The zero-order valence-corrected chi connectivity index (χ0v) is 9.43. The van der Waals surface area contributed by atoms with Crippen molar-refractivity contribution in [1.82, 2.24) is 4.98 Å². The molecule has 1 aliphatic heterocycles. The minimum atomic E-state index is 1.07. The lowest BCUT2D eigenvalue weighted by Gasteiger charge is -2.05. The molecule has 0 fully saturated rings. The molecule has 1 aromatic heterocycles. The topological polar surface area (TPSA) is 24.9 Å². The monoisotopic (exact) mass is 192 g/mol. The first-order valence-electron chi connectivity index (χ1n) is 5.55. The molecular formula is C12H20N2. The highest BCUT2D eigenvalue weighted by atomic mass is 15.0. The zero-order chi connectivity index (χ0) is 10.4. The highest BCUT2D eigenvalue weighted by molar-refractivity contribution is 5.46. The minimum Gasteiger partial charge on any atom is -0.370 e. The van der Waals surface area contributed by atoms with E-state index >= 15 is 0 Å². The van der Waals surface area contributed by atoms with Crippen LogP contribution in [-0.4, -0.2) is 11.5 Å². The van der Waals surface area contributed by atoms with Gasteiger partial charge in [0.1, 0.15) is 5.82 Å². The predicted molar refractivity (Wildman–Crippen MR) is 61.7 cm³/mol. The van der Waals surface area contributed by atoms with Crippen LogP contribution in [-0.2, 0) is 6.42 Å². The zero-order valence-electron chi connectivity index (χ0n) is 9.43. The largest absolute Gasteiger partial charge is 0.370 e. The van der Waals surface area contributed by atoms with E-state index in [0.717, 1.165) is 12.4 Å². The van der Waals surface area contributed by atoms with E-state index in [2.05, 4.69) is 23.3 Å². The maximum absolute atomic E-state index is 4.37. The van der Waals surface area contributed by atoms with E-state index in [9.17, 15) is 0 Å². The van der Waals surface area contributed by atoms with Crippen LogP contribution in [0.1, 0.15) is 37.8 Å². The van der Waals surface area contributed by atoms with Gasteiger partial charge in [0.05, 0.1) is 0 Å². The van der Waals surface area contributed by atoms with Crippen LogP contribution in [0.5, 0.6) is 0 Å². The summed E-state index contributed by atoms with van der Waals surface area (Å²) in [5.41, 5.74) is 2.64. The molecule has 0 atom stereocenters. The number of fused-ring (bicyclic) bond motifs is 1. The van der Waals surface area contributed by atoms with E-state index in [0.29, 0.717) is 0 Å². The third-order valence-corrected chi connectivity index (χ3v) is 2.27. The van der Waals surface area contributed by atoms with Crippen molar-refractivity contribution in [2.75, 3.05) is 11.9 Å². The Balaban J connectivity index is 0.000000461. The van der Waals surface area contributed by atoms with Gasteiger partial charge in [-0.15, -0.1) is 0 Å². The molecule has 2 heteroatoms. The second-order valence-corrected chi connectivity index (χ2v) is 3.40. The first kappa shape index (κ1) is 11.0. The molecule has 1 aromatic rings. The fraction of sp³-hybridized carbons (Fsp3) is 0.583. The third-order valence-electron chi connectivity index (χ3n) is 2.27. The number of anilines is 1. The van der Waals surface area contributed by atoms with Crippen LogP contribution in [0.3, 0.4) is 0 Å². The number of rotatable bonds is 0. The SMILES string of the molecule is CC.Cc1cnc2c(c1)CCCCN2. The van der Waals surface area contributed by atoms with Crippen molar-refractivity contribution in [2.45, 2.75) is 40.0 Å². The second-order valence-electron chi connectivity index (χ2n) is 3.40. The lowest BCUT2D eigenvalue weighted by Crippen LogP contribution is -2.01. The Morgan fingerprint density at radius 1 is 1.29 bits per heavy atom. The van der Waals surface area contributed by atoms with Gasteiger partial charge >= 0.3 is 0 Å². The van der Waals surface area contributed by atoms with Gasteiger partial charge < -0.3 is 5.32 Å². The molecule has 0 unspecified atom stereocenters. The van der Waals surface area contributed by atoms with Gasteiger partial charge in [-0.1, -0.05) is 19.9 Å². The average molecular weight is 192 g/mol. The molecule has 2 nitrogen and oxygen atoms in total. The summed E-state index contributed by atoms with van der Waals surface area (Å²) in [4.78, 5) is 4.37. The Labute approximate surface area is 86.8 Å². The van der Waals surface area contributed by atoms with Gasteiger partial charge in [0.15, 0.2) is 0 Å². The predicted octanol–water partition coefficient (Wildman–Crippen LogP) is 3.16. The van der Waals surface area contributed by atoms with E-state index < -0.39 is 0 Å². The second kappa shape index (κ2) is 5.63. The number of hydrogen-bond donors (Lipinski definition) is 1. The molecule has 78 valence electrons. The first-order chi connectivity index (χ1) is 6.86. The van der Waals surface area contributed by atoms with E-state index in [1.54, 1.807) is 0 Å². The highest BCUT2D eigenvalue weighted by Gasteiger charge is 2.07. The number of nitrogens with zero attached hydrogens (tertiary/aromatic N) is 1. The maximum Gasteiger partial charge on any atom is 0.129 e. The summed E-state index contributed by atoms with van der Waals surface area (Å²) in [7, 11) is 0. The van der Waals surface area contributed by atoms with Crippen molar-refractivity contribution in [3.8, 4) is 0 Å². The van der Waals surface area contributed by atoms with Crippen molar-refractivity contribution in [3.63, 3.8) is 0 Å². The van der Waals surface area contributed by atoms with Crippen LogP contribution < -0.4 is 5.32 Å². The molecule has 0 spiro atoms. The molecule has 2 rings (SSSR count). The molecule has 1 N–H and O–H groups in total. The molecule has 2 heterocycles. The van der Waals surface area contributed by atoms with Crippen LogP contribution in [0.15, 0.2) is 12.3 Å². The molecule has 14 heavy (non-hydrogen) atoms. The average Bonchev–Trinajstić information content (AvgIpc) is 2.45. The van der Waals surface area contributed by atoms with Crippen LogP contribution in [0.25, 0.3) is 0 Å². The highest BCUT2D eigenvalue weighted by Crippen LogP contribution is 2.19. The normalized spacial score (nSPS) is 14.2. The lowest BCUT2D eigenvalue weighted by molar-refractivity contribution is 0.785. The quantitative estimate of drug-likeness (QED) is 0.683. The molecule has 0 bridgehead atoms. The van der Waals surface area contributed by atoms with Crippen LogP contribution in [0.4, 0.5) is 5.82 Å². The van der Waals surface area contributed by atoms with Crippen LogP contribution in [0.2, 0.25) is 0 Å². The lowest BCUT2D eigenvalue weighted by atomic mass is 10.1. The van der Waals surface area contributed by atoms with Crippen LogP contribution >= 0.6 is 0 Å². The van der Waals surface area contributed by atoms with Gasteiger partial charge in [0.2, 0.25) is 0 Å². The molecule has 0 saturated carbocycles. The summed E-state index contributed by atoms with van der Waals surface area (Å²) in [5.74, 6) is 1.10. The third kappa shape index (κ3) is 2.72. The van der Waals surface area contributed by atoms with Gasteiger partial charge in [0, 0.05) is 12.7 Å². The van der Waals surface area contributed by atoms with E-state index in [1.807, 2.05) is 20.0 Å². The summed E-state index contributed by atoms with van der Waals surface area (Å²) in [6.45, 7) is 7.17. The Kier molecular flexibility index (Phi) is 4.44. The van der Waals surface area contributed by atoms with Gasteiger partial charge in [-0.25, -0.2) is 4.98 Å². The van der Waals surface area contributed by atoms with Crippen molar-refractivity contribution < 1.29 is 0 Å². The molecule has 1 aliphatic rings. The van der Waals surface area contributed by atoms with Gasteiger partial charge in [-0.05, 0) is 37.3 Å². The summed E-state index contributed by atoms with van der Waals surface area (Å²) < 4.78 is 0. The smallest absolute Gasteiger partial charge is 0.129 e. The van der Waals surface area contributed by atoms with Gasteiger partial charge in [-0.3, -0.25) is 0 Å². The Morgan fingerprint density at radius 2 is 2.07 bits per heavy atom. The van der Waals surface area contributed by atoms with E-state index in [-0.39, 0.29) is 0 Å². The summed E-state index contributed by atoms with van der Waals surface area (Å²) in [5, 5.41) is 3.34. The standard InChI is InChI=1S/C10H14N2.C2H6/c1-8-6-9-4-2-3-5-11-10(9)12-7-8;1-2/h6-7H,2-5H2,1H3,(H,11,12);1-2H3. The summed E-state index contributed by atoms with van der Waals surface area (Å²) in [6.07, 6.45) is 5.65. The van der Waals surface area contributed by atoms with Crippen molar-refractivity contribution >= 4 is 5.82 Å². The number of aryl methyl sites for hydroxylation is 2. The van der Waals surface area contributed by atoms with Crippen LogP contribution in [0, 0.1) is 6.92 Å². The number of aromatic nitrogens is 1. The number of pyridine rings is 1. The number of nitrogens with one attached hydrogen (secondary N) is 1. The molecule has 0 aromatic carbocycles. The maximum atomic E-state index is 4.37. The summed E-state index contributed by atoms with van der Waals surface area (Å²) >= 11 is 0. The van der Waals surface area contributed by atoms with Crippen molar-refractivity contribution in [3.05, 3.63) is 23.4 Å². The molecule has 0 amide bonds. The molecule has 0 saturated heterocycles. The van der Waals surface area contributed by atoms with Crippen molar-refractivity contribution in [1.29, 1.82) is 0 Å². The Hall–Kier alpha value is -1.05. The van der Waals surface area contributed by atoms with Crippen molar-refractivity contribution in [2.24, 2.45) is 0 Å². The Morgan fingerprint density at radius 3 is 2.86 bits per heavy atom. The van der Waals surface area contributed by atoms with E-state index in [1.165, 1.54) is 30.4 Å². The minimum absolute atomic E-state index is 1.07.